The zero-order valence-corrected chi connectivity index (χ0v) is 28.3. The Bertz CT molecular complexity index is 1820. The molecule has 1 N–H and O–H groups in total. The second kappa shape index (κ2) is 14.3. The molecule has 0 radical (unpaired) electrons. The van der Waals surface area contributed by atoms with E-state index in [0.717, 1.165) is 70.1 Å². The van der Waals surface area contributed by atoms with Crippen LogP contribution in [-0.4, -0.2) is 74.8 Å². The van der Waals surface area contributed by atoms with Crippen molar-refractivity contribution in [1.82, 2.24) is 14.3 Å². The number of nitrogens with zero attached hydrogens (tertiary/aromatic N) is 4. The van der Waals surface area contributed by atoms with Crippen molar-refractivity contribution in [3.8, 4) is 11.8 Å². The van der Waals surface area contributed by atoms with Gasteiger partial charge in [-0.3, -0.25) is 9.62 Å². The third-order valence-corrected chi connectivity index (χ3v) is 11.9. The van der Waals surface area contributed by atoms with E-state index in [-0.39, 0.29) is 27.1 Å². The third-order valence-electron chi connectivity index (χ3n) is 9.89. The van der Waals surface area contributed by atoms with Crippen LogP contribution in [0.4, 0.5) is 5.13 Å². The lowest BCUT2D eigenvalue weighted by molar-refractivity contribution is 0.0202. The molecule has 1 fully saturated rings. The number of morpholine rings is 1. The monoisotopic (exact) mass is 685 g/mol. The number of rotatable bonds is 14. The zero-order chi connectivity index (χ0) is 33.0. The quantitative estimate of drug-likeness (QED) is 0.166. The molecule has 0 saturated carbocycles. The number of hydrogen-bond acceptors (Lipinski definition) is 10. The fourth-order valence-electron chi connectivity index (χ4n) is 7.60. The SMILES string of the molecule is N#Cc1cc(S(=O)(=O)Nc2ncns2)ccc1OC(CCC12CCC(c3ccccc31)c1ccccc12)COCCCN1CCOCC1. The van der Waals surface area contributed by atoms with Crippen molar-refractivity contribution in [3.05, 3.63) is 101 Å². The summed E-state index contributed by atoms with van der Waals surface area (Å²) in [4.78, 5) is 6.24. The van der Waals surface area contributed by atoms with Crippen molar-refractivity contribution in [2.75, 3.05) is 50.8 Å². The van der Waals surface area contributed by atoms with Crippen LogP contribution in [0.5, 0.6) is 5.75 Å². The van der Waals surface area contributed by atoms with Crippen LogP contribution in [0.25, 0.3) is 0 Å². The molecule has 0 spiro atoms. The number of nitriles is 1. The van der Waals surface area contributed by atoms with E-state index in [4.69, 9.17) is 14.2 Å². The topological polar surface area (TPSA) is 127 Å². The van der Waals surface area contributed by atoms with Gasteiger partial charge in [0.05, 0.1) is 30.3 Å². The molecule has 4 aromatic rings. The number of benzene rings is 3. The van der Waals surface area contributed by atoms with Gasteiger partial charge in [-0.15, -0.1) is 0 Å². The average Bonchev–Trinajstić information content (AvgIpc) is 3.63. The van der Waals surface area contributed by atoms with Gasteiger partial charge in [0.1, 0.15) is 24.3 Å². The number of hydrogen-bond donors (Lipinski definition) is 1. The minimum atomic E-state index is -3.96. The molecule has 12 heteroatoms. The van der Waals surface area contributed by atoms with Crippen LogP contribution in [0.1, 0.15) is 65.8 Å². The molecule has 8 rings (SSSR count). The number of aromatic nitrogens is 2. The number of ether oxygens (including phenoxy) is 3. The molecule has 0 amide bonds. The minimum Gasteiger partial charge on any atom is -0.487 e. The maximum atomic E-state index is 13.0. The summed E-state index contributed by atoms with van der Waals surface area (Å²) >= 11 is 0.935. The Kier molecular flexibility index (Phi) is 9.75. The molecule has 3 aliphatic carbocycles. The van der Waals surface area contributed by atoms with E-state index in [1.165, 1.54) is 40.7 Å². The van der Waals surface area contributed by atoms with E-state index < -0.39 is 10.0 Å². The van der Waals surface area contributed by atoms with Crippen LogP contribution in [0.2, 0.25) is 0 Å². The fourth-order valence-corrected chi connectivity index (χ4v) is 9.29. The maximum absolute atomic E-state index is 13.0. The molecule has 1 aliphatic heterocycles. The molecule has 1 aromatic heterocycles. The standard InChI is InChI=1S/C36H39N5O5S2/c37-23-26-22-28(48(42,43)40-35-38-25-39-47-35)10-11-34(26)46-27(24-45-19-5-16-41-17-20-44-21-18-41)12-14-36-15-13-29(30-6-1-3-8-32(30)36)31-7-2-4-9-33(31)36/h1-4,6-11,22,25,27,29H,5,12-21,24H2,(H,38,39,40). The van der Waals surface area contributed by atoms with Crippen molar-refractivity contribution in [2.45, 2.75) is 54.4 Å². The molecule has 2 bridgehead atoms. The van der Waals surface area contributed by atoms with Crippen LogP contribution in [0.15, 0.2) is 78.0 Å². The lowest BCUT2D eigenvalue weighted by Crippen LogP contribution is -2.41. The first kappa shape index (κ1) is 32.7. The molecule has 1 saturated heterocycles. The maximum Gasteiger partial charge on any atom is 0.263 e. The number of nitrogens with one attached hydrogen (secondary N) is 1. The van der Waals surface area contributed by atoms with E-state index in [0.29, 0.717) is 31.3 Å². The van der Waals surface area contributed by atoms with Gasteiger partial charge in [-0.2, -0.15) is 9.64 Å². The highest BCUT2D eigenvalue weighted by Crippen LogP contribution is 2.58. The Balaban J connectivity index is 1.11. The van der Waals surface area contributed by atoms with Crippen LogP contribution >= 0.6 is 11.5 Å². The van der Waals surface area contributed by atoms with Crippen LogP contribution < -0.4 is 9.46 Å². The summed E-state index contributed by atoms with van der Waals surface area (Å²) < 4.78 is 50.6. The first-order valence-corrected chi connectivity index (χ1v) is 18.8. The Morgan fingerprint density at radius 3 is 2.54 bits per heavy atom. The molecule has 1 unspecified atom stereocenters. The highest BCUT2D eigenvalue weighted by atomic mass is 32.2. The zero-order valence-electron chi connectivity index (χ0n) is 26.7. The van der Waals surface area contributed by atoms with Crippen molar-refractivity contribution >= 4 is 26.7 Å². The molecule has 1 atom stereocenters. The summed E-state index contributed by atoms with van der Waals surface area (Å²) in [6.07, 6.45) is 5.55. The van der Waals surface area contributed by atoms with Crippen LogP contribution in [0.3, 0.4) is 0 Å². The van der Waals surface area contributed by atoms with Crippen molar-refractivity contribution < 1.29 is 22.6 Å². The second-order valence-electron chi connectivity index (χ2n) is 12.6. The van der Waals surface area contributed by atoms with Gasteiger partial charge in [0, 0.05) is 49.1 Å². The van der Waals surface area contributed by atoms with Crippen LogP contribution in [0, 0.1) is 11.3 Å². The van der Waals surface area contributed by atoms with E-state index in [2.05, 4.69) is 73.6 Å². The summed E-state index contributed by atoms with van der Waals surface area (Å²) in [7, 11) is -3.96. The van der Waals surface area contributed by atoms with Gasteiger partial charge in [-0.1, -0.05) is 48.5 Å². The lowest BCUT2D eigenvalue weighted by Gasteiger charge is -2.50. The van der Waals surface area contributed by atoms with Gasteiger partial charge in [0.25, 0.3) is 10.0 Å². The Morgan fingerprint density at radius 2 is 1.83 bits per heavy atom. The molecular weight excluding hydrogens is 647 g/mol. The summed E-state index contributed by atoms with van der Waals surface area (Å²) in [5, 5.41) is 10.2. The minimum absolute atomic E-state index is 0.0522. The first-order chi connectivity index (χ1) is 23.5. The molecule has 3 aromatic carbocycles. The summed E-state index contributed by atoms with van der Waals surface area (Å²) in [6.45, 7) is 5.32. The van der Waals surface area contributed by atoms with E-state index >= 15 is 0 Å². The van der Waals surface area contributed by atoms with Crippen LogP contribution in [-0.2, 0) is 24.9 Å². The molecule has 48 heavy (non-hydrogen) atoms. The van der Waals surface area contributed by atoms with E-state index in [1.54, 1.807) is 6.07 Å². The predicted molar refractivity (Wildman–Crippen MR) is 183 cm³/mol. The van der Waals surface area contributed by atoms with Gasteiger partial charge < -0.3 is 14.2 Å². The summed E-state index contributed by atoms with van der Waals surface area (Å²) in [5.74, 6) is 0.760. The highest BCUT2D eigenvalue weighted by molar-refractivity contribution is 7.93. The fraction of sp³-hybridized carbons (Fsp3) is 0.417. The van der Waals surface area contributed by atoms with Gasteiger partial charge in [0.15, 0.2) is 0 Å². The molecule has 10 nitrogen and oxygen atoms in total. The average molecular weight is 686 g/mol. The van der Waals surface area contributed by atoms with Crippen molar-refractivity contribution in [1.29, 1.82) is 5.26 Å². The summed E-state index contributed by atoms with van der Waals surface area (Å²) in [6, 6.07) is 24.2. The third kappa shape index (κ3) is 6.70. The molecule has 250 valence electrons. The van der Waals surface area contributed by atoms with E-state index in [1.807, 2.05) is 0 Å². The Hall–Kier alpha value is -3.86. The normalized spacial score (nSPS) is 20.8. The Labute approximate surface area is 285 Å². The van der Waals surface area contributed by atoms with Gasteiger partial charge >= 0.3 is 0 Å². The van der Waals surface area contributed by atoms with Crippen molar-refractivity contribution in [3.63, 3.8) is 0 Å². The van der Waals surface area contributed by atoms with E-state index in [9.17, 15) is 13.7 Å². The van der Waals surface area contributed by atoms with Gasteiger partial charge in [0.2, 0.25) is 5.13 Å². The van der Waals surface area contributed by atoms with Gasteiger partial charge in [-0.05, 0) is 72.6 Å². The first-order valence-electron chi connectivity index (χ1n) is 16.5. The smallest absolute Gasteiger partial charge is 0.263 e. The largest absolute Gasteiger partial charge is 0.487 e. The van der Waals surface area contributed by atoms with Crippen molar-refractivity contribution in [2.24, 2.45) is 0 Å². The van der Waals surface area contributed by atoms with Gasteiger partial charge in [-0.25, -0.2) is 13.4 Å². The highest BCUT2D eigenvalue weighted by Gasteiger charge is 2.47. The second-order valence-corrected chi connectivity index (χ2v) is 15.1. The lowest BCUT2D eigenvalue weighted by atomic mass is 9.54. The molecule has 2 heterocycles. The number of fused-ring (bicyclic) bond motifs is 1. The summed E-state index contributed by atoms with van der Waals surface area (Å²) in [5.41, 5.74) is 5.65. The number of sulfonamides is 1. The molecule has 4 aliphatic rings. The predicted octanol–water partition coefficient (Wildman–Crippen LogP) is 5.70. The molecular formula is C36H39N5O5S2. The Morgan fingerprint density at radius 1 is 1.08 bits per heavy atom. The number of anilines is 1.